The van der Waals surface area contributed by atoms with Gasteiger partial charge in [0.2, 0.25) is 10.0 Å². The lowest BCUT2D eigenvalue weighted by Crippen LogP contribution is -2.24. The second-order valence-electron chi connectivity index (χ2n) is 4.29. The largest absolute Gasteiger partial charge is 0.495 e. The van der Waals surface area contributed by atoms with Crippen LogP contribution in [0.4, 0.5) is 0 Å². The van der Waals surface area contributed by atoms with E-state index < -0.39 is 10.0 Å². The maximum atomic E-state index is 12.4. The number of aromatic nitrogens is 1. The number of ether oxygens (including phenoxy) is 1. The van der Waals surface area contributed by atoms with E-state index in [1.54, 1.807) is 30.5 Å². The minimum atomic E-state index is -3.76. The molecule has 1 aromatic heterocycles. The summed E-state index contributed by atoms with van der Waals surface area (Å²) in [6.45, 7) is -0.164. The number of benzene rings is 1. The molecule has 21 heavy (non-hydrogen) atoms. The molecule has 6 nitrogen and oxygen atoms in total. The van der Waals surface area contributed by atoms with Crippen LogP contribution >= 0.6 is 0 Å². The standard InChI is InChI=1S/C14H16N2O4S/c1-20-13-6-5-11(10-17)8-14(13)21(18,19)16-9-12-4-2-3-7-15-12/h2-8,16-17H,9-10H2,1H3. The molecule has 0 radical (unpaired) electrons. The topological polar surface area (TPSA) is 88.5 Å². The van der Waals surface area contributed by atoms with Gasteiger partial charge in [0.1, 0.15) is 10.6 Å². The smallest absolute Gasteiger partial charge is 0.244 e. The van der Waals surface area contributed by atoms with Crippen LogP contribution in [0.25, 0.3) is 0 Å². The number of sulfonamides is 1. The highest BCUT2D eigenvalue weighted by Gasteiger charge is 2.20. The van der Waals surface area contributed by atoms with Gasteiger partial charge in [0, 0.05) is 6.20 Å². The van der Waals surface area contributed by atoms with Gasteiger partial charge in [-0.2, -0.15) is 0 Å². The van der Waals surface area contributed by atoms with Gasteiger partial charge >= 0.3 is 0 Å². The lowest BCUT2D eigenvalue weighted by molar-refractivity contribution is 0.281. The van der Waals surface area contributed by atoms with E-state index in [9.17, 15) is 8.42 Å². The van der Waals surface area contributed by atoms with E-state index in [4.69, 9.17) is 9.84 Å². The molecule has 0 saturated carbocycles. The molecule has 0 fully saturated rings. The number of methoxy groups -OCH3 is 1. The van der Waals surface area contributed by atoms with Crippen molar-refractivity contribution < 1.29 is 18.3 Å². The second-order valence-corrected chi connectivity index (χ2v) is 6.02. The summed E-state index contributed by atoms with van der Waals surface area (Å²) in [5.74, 6) is 0.223. The van der Waals surface area contributed by atoms with Crippen LogP contribution in [-0.4, -0.2) is 25.6 Å². The van der Waals surface area contributed by atoms with Gasteiger partial charge in [-0.05, 0) is 29.8 Å². The molecule has 1 aromatic carbocycles. The van der Waals surface area contributed by atoms with Gasteiger partial charge in [-0.3, -0.25) is 4.98 Å². The van der Waals surface area contributed by atoms with Crippen molar-refractivity contribution in [1.29, 1.82) is 0 Å². The maximum Gasteiger partial charge on any atom is 0.244 e. The Hall–Kier alpha value is -1.96. The fourth-order valence-corrected chi connectivity index (χ4v) is 3.00. The highest BCUT2D eigenvalue weighted by atomic mass is 32.2. The van der Waals surface area contributed by atoms with Gasteiger partial charge in [-0.25, -0.2) is 13.1 Å². The quantitative estimate of drug-likeness (QED) is 0.833. The molecule has 0 unspecified atom stereocenters. The monoisotopic (exact) mass is 308 g/mol. The van der Waals surface area contributed by atoms with Gasteiger partial charge in [0.25, 0.3) is 0 Å². The molecule has 0 aliphatic heterocycles. The van der Waals surface area contributed by atoms with Gasteiger partial charge in [-0.1, -0.05) is 12.1 Å². The van der Waals surface area contributed by atoms with Crippen molar-refractivity contribution in [1.82, 2.24) is 9.71 Å². The third-order valence-electron chi connectivity index (χ3n) is 2.87. The van der Waals surface area contributed by atoms with Crippen molar-refractivity contribution in [3.05, 3.63) is 53.9 Å². The first-order chi connectivity index (χ1) is 10.1. The number of nitrogens with zero attached hydrogens (tertiary/aromatic N) is 1. The summed E-state index contributed by atoms with van der Waals surface area (Å²) in [6, 6.07) is 9.77. The zero-order chi connectivity index (χ0) is 15.3. The highest BCUT2D eigenvalue weighted by Crippen LogP contribution is 2.25. The van der Waals surface area contributed by atoms with Crippen LogP contribution in [0.2, 0.25) is 0 Å². The summed E-state index contributed by atoms with van der Waals surface area (Å²) in [5.41, 5.74) is 1.10. The minimum absolute atomic E-state index is 0.00696. The molecular weight excluding hydrogens is 292 g/mol. The Balaban J connectivity index is 2.26. The summed E-state index contributed by atoms with van der Waals surface area (Å²) >= 11 is 0. The average molecular weight is 308 g/mol. The molecule has 1 heterocycles. The Bertz CT molecular complexity index is 702. The number of hydrogen-bond donors (Lipinski definition) is 2. The van der Waals surface area contributed by atoms with Crippen LogP contribution in [0.3, 0.4) is 0 Å². The molecule has 0 saturated heterocycles. The SMILES string of the molecule is COc1ccc(CO)cc1S(=O)(=O)NCc1ccccn1. The maximum absolute atomic E-state index is 12.4. The molecular formula is C14H16N2O4S. The molecule has 0 aliphatic carbocycles. The first kappa shape index (κ1) is 15.4. The van der Waals surface area contributed by atoms with E-state index in [0.29, 0.717) is 11.3 Å². The molecule has 2 aromatic rings. The van der Waals surface area contributed by atoms with E-state index >= 15 is 0 Å². The predicted molar refractivity (Wildman–Crippen MR) is 77.2 cm³/mol. The van der Waals surface area contributed by atoms with Gasteiger partial charge < -0.3 is 9.84 Å². The van der Waals surface area contributed by atoms with Gasteiger partial charge in [-0.15, -0.1) is 0 Å². The van der Waals surface area contributed by atoms with Crippen molar-refractivity contribution in [3.63, 3.8) is 0 Å². The molecule has 2 rings (SSSR count). The minimum Gasteiger partial charge on any atom is -0.495 e. The summed E-state index contributed by atoms with van der Waals surface area (Å²) < 4.78 is 32.2. The molecule has 0 spiro atoms. The first-order valence-corrected chi connectivity index (χ1v) is 7.72. The Kier molecular flexibility index (Phi) is 4.89. The highest BCUT2D eigenvalue weighted by molar-refractivity contribution is 7.89. The van der Waals surface area contributed by atoms with E-state index in [1.807, 2.05) is 0 Å². The molecule has 0 bridgehead atoms. The Morgan fingerprint density at radius 3 is 2.71 bits per heavy atom. The fourth-order valence-electron chi connectivity index (χ4n) is 1.78. The van der Waals surface area contributed by atoms with Crippen LogP contribution in [-0.2, 0) is 23.2 Å². The van der Waals surface area contributed by atoms with E-state index in [0.717, 1.165) is 0 Å². The van der Waals surface area contributed by atoms with Crippen molar-refractivity contribution in [2.45, 2.75) is 18.0 Å². The van der Waals surface area contributed by atoms with E-state index in [2.05, 4.69) is 9.71 Å². The Morgan fingerprint density at radius 1 is 1.29 bits per heavy atom. The lowest BCUT2D eigenvalue weighted by atomic mass is 10.2. The Morgan fingerprint density at radius 2 is 2.10 bits per heavy atom. The van der Waals surface area contributed by atoms with Gasteiger partial charge in [0.15, 0.2) is 0 Å². The van der Waals surface area contributed by atoms with Crippen molar-refractivity contribution >= 4 is 10.0 Å². The average Bonchev–Trinajstić information content (AvgIpc) is 2.53. The normalized spacial score (nSPS) is 11.3. The number of pyridine rings is 1. The summed E-state index contributed by atoms with van der Waals surface area (Å²) in [4.78, 5) is 4.05. The molecule has 7 heteroatoms. The number of nitrogens with one attached hydrogen (secondary N) is 1. The molecule has 0 aliphatic rings. The van der Waals surface area contributed by atoms with Crippen LogP contribution in [0.5, 0.6) is 5.75 Å². The van der Waals surface area contributed by atoms with Crippen LogP contribution < -0.4 is 9.46 Å². The third-order valence-corrected chi connectivity index (χ3v) is 4.29. The predicted octanol–water partition coefficient (Wildman–Crippen LogP) is 1.06. The van der Waals surface area contributed by atoms with E-state index in [1.165, 1.54) is 19.2 Å². The molecule has 0 atom stereocenters. The van der Waals surface area contributed by atoms with Gasteiger partial charge in [0.05, 0.1) is 26.0 Å². The number of aliphatic hydroxyl groups excluding tert-OH is 1. The summed E-state index contributed by atoms with van der Waals surface area (Å²) in [7, 11) is -2.37. The summed E-state index contributed by atoms with van der Waals surface area (Å²) in [6.07, 6.45) is 1.59. The fraction of sp³-hybridized carbons (Fsp3) is 0.214. The number of hydrogen-bond acceptors (Lipinski definition) is 5. The molecule has 112 valence electrons. The third kappa shape index (κ3) is 3.78. The lowest BCUT2D eigenvalue weighted by Gasteiger charge is -2.11. The van der Waals surface area contributed by atoms with E-state index in [-0.39, 0.29) is 23.8 Å². The molecule has 0 amide bonds. The van der Waals surface area contributed by atoms with Crippen molar-refractivity contribution in [2.24, 2.45) is 0 Å². The first-order valence-electron chi connectivity index (χ1n) is 6.24. The van der Waals surface area contributed by atoms with Crippen molar-refractivity contribution in [2.75, 3.05) is 7.11 Å². The van der Waals surface area contributed by atoms with Crippen LogP contribution in [0.1, 0.15) is 11.3 Å². The second kappa shape index (κ2) is 6.66. The van der Waals surface area contributed by atoms with Crippen LogP contribution in [0.15, 0.2) is 47.5 Å². The number of aliphatic hydroxyl groups is 1. The zero-order valence-electron chi connectivity index (χ0n) is 11.5. The molecule has 2 N–H and O–H groups in total. The Labute approximate surface area is 123 Å². The number of rotatable bonds is 6. The van der Waals surface area contributed by atoms with Crippen LogP contribution in [0, 0.1) is 0 Å². The van der Waals surface area contributed by atoms with Crippen molar-refractivity contribution in [3.8, 4) is 5.75 Å². The zero-order valence-corrected chi connectivity index (χ0v) is 12.3. The summed E-state index contributed by atoms with van der Waals surface area (Å²) in [5, 5.41) is 9.13.